The van der Waals surface area contributed by atoms with Gasteiger partial charge in [0.05, 0.1) is 17.2 Å². The van der Waals surface area contributed by atoms with Crippen LogP contribution in [0.1, 0.15) is 5.56 Å². The first kappa shape index (κ1) is 12.3. The highest BCUT2D eigenvalue weighted by molar-refractivity contribution is 6.99. The van der Waals surface area contributed by atoms with Gasteiger partial charge in [-0.3, -0.25) is 4.98 Å². The summed E-state index contributed by atoms with van der Waals surface area (Å²) in [6.07, 6.45) is 2.68. The molecule has 0 saturated heterocycles. The lowest BCUT2D eigenvalue weighted by Crippen LogP contribution is -2.06. The maximum absolute atomic E-state index is 5.88. The largest absolute Gasteiger partial charge is 0.366 e. The molecule has 0 atom stereocenters. The highest BCUT2D eigenvalue weighted by Crippen LogP contribution is 2.19. The molecule has 3 rings (SSSR count). The Balaban J connectivity index is 1.74. The molecule has 0 aliphatic heterocycles. The van der Waals surface area contributed by atoms with Gasteiger partial charge in [0.25, 0.3) is 0 Å². The Kier molecular flexibility index (Phi) is 3.57. The fourth-order valence-electron chi connectivity index (χ4n) is 1.97. The van der Waals surface area contributed by atoms with Crippen molar-refractivity contribution in [1.82, 2.24) is 13.7 Å². The average Bonchev–Trinajstić information content (AvgIpc) is 2.85. The zero-order chi connectivity index (χ0) is 13.1. The Bertz CT molecular complexity index is 692. The monoisotopic (exact) mass is 290 g/mol. The van der Waals surface area contributed by atoms with E-state index in [2.05, 4.69) is 43.3 Å². The van der Waals surface area contributed by atoms with Crippen molar-refractivity contribution in [2.75, 3.05) is 11.9 Å². The Morgan fingerprint density at radius 2 is 2.05 bits per heavy atom. The molecule has 19 heavy (non-hydrogen) atoms. The molecule has 2 aromatic heterocycles. The lowest BCUT2D eigenvalue weighted by atomic mass is 10.1. The minimum atomic E-state index is 0.432. The van der Waals surface area contributed by atoms with Crippen LogP contribution in [0.4, 0.5) is 5.82 Å². The van der Waals surface area contributed by atoms with Gasteiger partial charge < -0.3 is 5.32 Å². The minimum absolute atomic E-state index is 0.432. The summed E-state index contributed by atoms with van der Waals surface area (Å²) in [4.78, 5) is 4.43. The number of nitrogens with zero attached hydrogens (tertiary/aromatic N) is 3. The van der Waals surface area contributed by atoms with E-state index < -0.39 is 0 Å². The quantitative estimate of drug-likeness (QED) is 0.800. The molecule has 1 N–H and O–H groups in total. The first-order valence-electron chi connectivity index (χ1n) is 5.89. The number of nitrogens with one attached hydrogen (secondary N) is 1. The summed E-state index contributed by atoms with van der Waals surface area (Å²) in [5, 5.41) is 4.78. The molecule has 6 heteroatoms. The third kappa shape index (κ3) is 2.67. The van der Waals surface area contributed by atoms with Crippen molar-refractivity contribution in [1.29, 1.82) is 0 Å². The van der Waals surface area contributed by atoms with E-state index in [0.29, 0.717) is 11.0 Å². The molecule has 0 aliphatic rings. The molecule has 0 fully saturated rings. The van der Waals surface area contributed by atoms with Crippen LogP contribution in [-0.4, -0.2) is 20.3 Å². The van der Waals surface area contributed by atoms with E-state index in [9.17, 15) is 0 Å². The number of anilines is 1. The van der Waals surface area contributed by atoms with Crippen molar-refractivity contribution in [2.24, 2.45) is 0 Å². The van der Waals surface area contributed by atoms with Gasteiger partial charge in [-0.1, -0.05) is 35.9 Å². The van der Waals surface area contributed by atoms with Gasteiger partial charge in [-0.05, 0) is 18.1 Å². The van der Waals surface area contributed by atoms with Gasteiger partial charge in [0.15, 0.2) is 11.0 Å². The van der Waals surface area contributed by atoms with Crippen molar-refractivity contribution >= 4 is 40.0 Å². The zero-order valence-electron chi connectivity index (χ0n) is 10.0. The number of fused-ring (bicyclic) bond motifs is 1. The highest BCUT2D eigenvalue weighted by atomic mass is 35.5. The molecule has 0 amide bonds. The van der Waals surface area contributed by atoms with E-state index in [1.807, 2.05) is 12.3 Å². The molecular formula is C13H11ClN4S. The van der Waals surface area contributed by atoms with Crippen LogP contribution in [0.3, 0.4) is 0 Å². The van der Waals surface area contributed by atoms with Crippen LogP contribution in [0.2, 0.25) is 5.15 Å². The first-order chi connectivity index (χ1) is 9.34. The van der Waals surface area contributed by atoms with E-state index in [1.54, 1.807) is 0 Å². The van der Waals surface area contributed by atoms with Gasteiger partial charge in [0.1, 0.15) is 0 Å². The zero-order valence-corrected chi connectivity index (χ0v) is 11.6. The summed E-state index contributed by atoms with van der Waals surface area (Å²) in [5.74, 6) is 0.653. The van der Waals surface area contributed by atoms with Crippen LogP contribution >= 0.6 is 23.3 Å². The lowest BCUT2D eigenvalue weighted by Gasteiger charge is -2.06. The van der Waals surface area contributed by atoms with E-state index in [4.69, 9.17) is 11.6 Å². The molecule has 96 valence electrons. The standard InChI is InChI=1S/C13H11ClN4S/c14-12-13(18-19-17-12)16-8-6-10-4-1-3-9-5-2-7-15-11(9)10/h1-5,7H,6,8H2,(H,16,18). The molecule has 0 unspecified atom stereocenters. The van der Waals surface area contributed by atoms with E-state index >= 15 is 0 Å². The highest BCUT2D eigenvalue weighted by Gasteiger charge is 2.05. The predicted molar refractivity (Wildman–Crippen MR) is 78.9 cm³/mol. The Morgan fingerprint density at radius 1 is 1.16 bits per heavy atom. The maximum atomic E-state index is 5.88. The summed E-state index contributed by atoms with van der Waals surface area (Å²) in [5.41, 5.74) is 2.26. The van der Waals surface area contributed by atoms with Crippen molar-refractivity contribution in [3.8, 4) is 0 Å². The van der Waals surface area contributed by atoms with Gasteiger partial charge in [0, 0.05) is 18.1 Å². The molecule has 3 aromatic rings. The number of hydrogen-bond acceptors (Lipinski definition) is 5. The predicted octanol–water partition coefficient (Wildman–Crippen LogP) is 3.39. The van der Waals surface area contributed by atoms with Gasteiger partial charge in [-0.25, -0.2) is 0 Å². The lowest BCUT2D eigenvalue weighted by molar-refractivity contribution is 1.02. The molecule has 0 aliphatic carbocycles. The van der Waals surface area contributed by atoms with Crippen LogP contribution in [0.5, 0.6) is 0 Å². The van der Waals surface area contributed by atoms with Gasteiger partial charge in [0.2, 0.25) is 0 Å². The third-order valence-electron chi connectivity index (χ3n) is 2.85. The summed E-state index contributed by atoms with van der Waals surface area (Å²) >= 11 is 6.99. The van der Waals surface area contributed by atoms with Crippen LogP contribution in [0, 0.1) is 0 Å². The Labute approximate surface area is 119 Å². The van der Waals surface area contributed by atoms with E-state index in [-0.39, 0.29) is 0 Å². The van der Waals surface area contributed by atoms with E-state index in [1.165, 1.54) is 5.56 Å². The average molecular weight is 291 g/mol. The molecule has 0 radical (unpaired) electrons. The number of halogens is 1. The van der Waals surface area contributed by atoms with Crippen LogP contribution in [-0.2, 0) is 6.42 Å². The number of aromatic nitrogens is 3. The summed E-state index contributed by atoms with van der Waals surface area (Å²) < 4.78 is 7.99. The fraction of sp³-hybridized carbons (Fsp3) is 0.154. The summed E-state index contributed by atoms with van der Waals surface area (Å²) in [7, 11) is 0. The normalized spacial score (nSPS) is 10.8. The number of para-hydroxylation sites is 1. The van der Waals surface area contributed by atoms with E-state index in [0.717, 1.165) is 35.6 Å². The number of benzene rings is 1. The molecule has 4 nitrogen and oxygen atoms in total. The topological polar surface area (TPSA) is 50.7 Å². The summed E-state index contributed by atoms with van der Waals surface area (Å²) in [6.45, 7) is 0.751. The smallest absolute Gasteiger partial charge is 0.186 e. The molecule has 2 heterocycles. The second-order valence-electron chi connectivity index (χ2n) is 4.07. The van der Waals surface area contributed by atoms with Crippen molar-refractivity contribution in [2.45, 2.75) is 6.42 Å². The molecule has 0 saturated carbocycles. The first-order valence-corrected chi connectivity index (χ1v) is 7.00. The second-order valence-corrected chi connectivity index (χ2v) is 4.96. The van der Waals surface area contributed by atoms with Crippen LogP contribution in [0.25, 0.3) is 10.9 Å². The van der Waals surface area contributed by atoms with Gasteiger partial charge >= 0.3 is 0 Å². The van der Waals surface area contributed by atoms with Crippen LogP contribution in [0.15, 0.2) is 36.5 Å². The number of hydrogen-bond donors (Lipinski definition) is 1. The molecule has 1 aromatic carbocycles. The van der Waals surface area contributed by atoms with Crippen molar-refractivity contribution < 1.29 is 0 Å². The van der Waals surface area contributed by atoms with Crippen molar-refractivity contribution in [3.05, 3.63) is 47.2 Å². The SMILES string of the molecule is Clc1nsnc1NCCc1cccc2cccnc12. The maximum Gasteiger partial charge on any atom is 0.186 e. The number of rotatable bonds is 4. The van der Waals surface area contributed by atoms with Crippen molar-refractivity contribution in [3.63, 3.8) is 0 Å². The Hall–Kier alpha value is -1.72. The number of pyridine rings is 1. The van der Waals surface area contributed by atoms with Crippen LogP contribution < -0.4 is 5.32 Å². The Morgan fingerprint density at radius 3 is 2.89 bits per heavy atom. The van der Waals surface area contributed by atoms with Gasteiger partial charge in [-0.15, -0.1) is 0 Å². The molecular weight excluding hydrogens is 280 g/mol. The fourth-order valence-corrected chi connectivity index (χ4v) is 2.65. The summed E-state index contributed by atoms with van der Waals surface area (Å²) in [6, 6.07) is 10.2. The second kappa shape index (κ2) is 5.50. The van der Waals surface area contributed by atoms with Gasteiger partial charge in [-0.2, -0.15) is 8.75 Å². The third-order valence-corrected chi connectivity index (χ3v) is 3.74. The minimum Gasteiger partial charge on any atom is -0.366 e. The molecule has 0 spiro atoms. The molecule has 0 bridgehead atoms.